The van der Waals surface area contributed by atoms with Crippen molar-refractivity contribution in [1.29, 1.82) is 0 Å². The van der Waals surface area contributed by atoms with Gasteiger partial charge >= 0.3 is 0 Å². The highest BCUT2D eigenvalue weighted by Gasteiger charge is 2.17. The van der Waals surface area contributed by atoms with Gasteiger partial charge in [0.2, 0.25) is 0 Å². The molecule has 0 saturated heterocycles. The lowest BCUT2D eigenvalue weighted by Crippen LogP contribution is -2.10. The van der Waals surface area contributed by atoms with Crippen LogP contribution in [0.25, 0.3) is 95.6 Å². The van der Waals surface area contributed by atoms with Crippen molar-refractivity contribution in [3.05, 3.63) is 224 Å². The topological polar surface area (TPSA) is 3.24 Å². The van der Waals surface area contributed by atoms with Gasteiger partial charge in [0, 0.05) is 57.4 Å². The zero-order chi connectivity index (χ0) is 40.3. The summed E-state index contributed by atoms with van der Waals surface area (Å²) < 4.78 is 5.30. The monoisotopic (exact) mass is 811 g/mol. The van der Waals surface area contributed by atoms with Crippen LogP contribution in [0.15, 0.2) is 224 Å². The molecule has 10 aromatic carbocycles. The first-order valence-electron chi connectivity index (χ1n) is 20.7. The molecule has 0 saturated carbocycles. The molecular formula is C58H37NS2. The van der Waals surface area contributed by atoms with Gasteiger partial charge in [-0.1, -0.05) is 164 Å². The standard InChI is InChI=1S/C58H37NS2/c1-2-17-48-39(11-1)12-9-20-49(48)40-27-32-46(33-28-40)59(45-30-25-38(26-31-45)43-29-34-53-51-18-3-5-23-55(51)60-57(53)37-43)47-16-8-14-42(36-47)41-13-7-15-44(35-41)50-21-10-22-54-52-19-4-6-24-56(52)61-58(50)54/h1-37H. The molecule has 0 atom stereocenters. The average molecular weight is 812 g/mol. The molecule has 3 heteroatoms. The molecule has 61 heavy (non-hydrogen) atoms. The Balaban J connectivity index is 0.942. The minimum Gasteiger partial charge on any atom is -0.310 e. The van der Waals surface area contributed by atoms with Gasteiger partial charge in [-0.2, -0.15) is 0 Å². The molecule has 12 aromatic rings. The Bertz CT molecular complexity index is 3590. The molecule has 0 aliphatic carbocycles. The Labute approximate surface area is 362 Å². The Morgan fingerprint density at radius 1 is 0.262 bits per heavy atom. The van der Waals surface area contributed by atoms with Crippen molar-refractivity contribution in [2.75, 3.05) is 4.90 Å². The zero-order valence-corrected chi connectivity index (χ0v) is 34.8. The van der Waals surface area contributed by atoms with Crippen LogP contribution in [-0.2, 0) is 0 Å². The van der Waals surface area contributed by atoms with E-state index in [0.29, 0.717) is 0 Å². The summed E-state index contributed by atoms with van der Waals surface area (Å²) in [7, 11) is 0. The number of thiophene rings is 2. The van der Waals surface area contributed by atoms with Crippen LogP contribution in [0.5, 0.6) is 0 Å². The van der Waals surface area contributed by atoms with Crippen molar-refractivity contribution < 1.29 is 0 Å². The van der Waals surface area contributed by atoms with Crippen LogP contribution in [0.4, 0.5) is 17.1 Å². The first-order valence-corrected chi connectivity index (χ1v) is 22.4. The van der Waals surface area contributed by atoms with Crippen LogP contribution in [0.2, 0.25) is 0 Å². The summed E-state index contributed by atoms with van der Waals surface area (Å²) in [5.41, 5.74) is 13.0. The maximum atomic E-state index is 2.39. The first kappa shape index (κ1) is 35.6. The second-order valence-electron chi connectivity index (χ2n) is 15.7. The van der Waals surface area contributed by atoms with E-state index in [4.69, 9.17) is 0 Å². The van der Waals surface area contributed by atoms with Gasteiger partial charge in [-0.15, -0.1) is 22.7 Å². The zero-order valence-electron chi connectivity index (χ0n) is 33.1. The highest BCUT2D eigenvalue weighted by atomic mass is 32.1. The van der Waals surface area contributed by atoms with E-state index < -0.39 is 0 Å². The molecule has 0 spiro atoms. The molecule has 0 amide bonds. The fraction of sp³-hybridized carbons (Fsp3) is 0. The summed E-state index contributed by atoms with van der Waals surface area (Å²) in [6, 6.07) is 82.4. The quantitative estimate of drug-likeness (QED) is 0.155. The van der Waals surface area contributed by atoms with Crippen LogP contribution in [-0.4, -0.2) is 0 Å². The Kier molecular flexibility index (Phi) is 8.62. The van der Waals surface area contributed by atoms with Gasteiger partial charge in [-0.05, 0) is 116 Å². The summed E-state index contributed by atoms with van der Waals surface area (Å²) in [5.74, 6) is 0. The normalized spacial score (nSPS) is 11.6. The molecule has 0 N–H and O–H groups in total. The van der Waals surface area contributed by atoms with Gasteiger partial charge < -0.3 is 4.90 Å². The molecular weight excluding hydrogens is 775 g/mol. The third-order valence-corrected chi connectivity index (χ3v) is 14.4. The number of hydrogen-bond donors (Lipinski definition) is 0. The van der Waals surface area contributed by atoms with Crippen molar-refractivity contribution in [2.45, 2.75) is 0 Å². The highest BCUT2D eigenvalue weighted by molar-refractivity contribution is 7.26. The number of anilines is 3. The van der Waals surface area contributed by atoms with Gasteiger partial charge in [0.15, 0.2) is 0 Å². The van der Waals surface area contributed by atoms with Crippen LogP contribution in [0, 0.1) is 0 Å². The van der Waals surface area contributed by atoms with Gasteiger partial charge in [0.05, 0.1) is 0 Å². The number of benzene rings is 10. The molecule has 0 bridgehead atoms. The van der Waals surface area contributed by atoms with E-state index >= 15 is 0 Å². The predicted octanol–water partition coefficient (Wildman–Crippen LogP) is 17.7. The van der Waals surface area contributed by atoms with Gasteiger partial charge in [0.1, 0.15) is 0 Å². The summed E-state index contributed by atoms with van der Waals surface area (Å²) in [5, 5.41) is 7.80. The Morgan fingerprint density at radius 3 is 1.59 bits per heavy atom. The SMILES string of the molecule is c1cc(-c2cccc(N(c3ccc(-c4ccc5c(c4)sc4ccccc45)cc3)c3ccc(-c4cccc5ccccc45)cc3)c2)cc(-c2cccc3c2sc2ccccc23)c1. The summed E-state index contributed by atoms with van der Waals surface area (Å²) in [6.45, 7) is 0. The molecule has 0 aliphatic rings. The lowest BCUT2D eigenvalue weighted by molar-refractivity contribution is 1.28. The molecule has 286 valence electrons. The summed E-state index contributed by atoms with van der Waals surface area (Å²) >= 11 is 3.75. The molecule has 2 aromatic heterocycles. The number of rotatable bonds is 7. The molecule has 0 radical (unpaired) electrons. The summed E-state index contributed by atoms with van der Waals surface area (Å²) in [6.07, 6.45) is 0. The van der Waals surface area contributed by atoms with Crippen LogP contribution < -0.4 is 4.90 Å². The lowest BCUT2D eigenvalue weighted by Gasteiger charge is -2.26. The first-order chi connectivity index (χ1) is 30.2. The van der Waals surface area contributed by atoms with E-state index in [1.807, 2.05) is 22.7 Å². The van der Waals surface area contributed by atoms with Gasteiger partial charge in [-0.25, -0.2) is 0 Å². The molecule has 1 nitrogen and oxygen atoms in total. The molecule has 2 heterocycles. The smallest absolute Gasteiger partial charge is 0.0467 e. The van der Waals surface area contributed by atoms with Crippen molar-refractivity contribution in [3.8, 4) is 44.5 Å². The molecule has 0 unspecified atom stereocenters. The van der Waals surface area contributed by atoms with Crippen molar-refractivity contribution in [3.63, 3.8) is 0 Å². The van der Waals surface area contributed by atoms with E-state index in [9.17, 15) is 0 Å². The minimum absolute atomic E-state index is 1.10. The van der Waals surface area contributed by atoms with Crippen molar-refractivity contribution in [1.82, 2.24) is 0 Å². The Hall–Kier alpha value is -7.30. The molecule has 0 fully saturated rings. The molecule has 0 aliphatic heterocycles. The van der Waals surface area contributed by atoms with E-state index in [2.05, 4.69) is 229 Å². The summed E-state index contributed by atoms with van der Waals surface area (Å²) in [4.78, 5) is 2.39. The van der Waals surface area contributed by atoms with Crippen LogP contribution >= 0.6 is 22.7 Å². The maximum Gasteiger partial charge on any atom is 0.0467 e. The lowest BCUT2D eigenvalue weighted by atomic mass is 9.97. The third kappa shape index (κ3) is 6.29. The third-order valence-electron chi connectivity index (χ3n) is 12.1. The average Bonchev–Trinajstić information content (AvgIpc) is 3.90. The van der Waals surface area contributed by atoms with Crippen LogP contribution in [0.3, 0.4) is 0 Å². The molecule has 12 rings (SSSR count). The predicted molar refractivity (Wildman–Crippen MR) is 266 cm³/mol. The van der Waals surface area contributed by atoms with E-state index in [1.54, 1.807) is 0 Å². The highest BCUT2D eigenvalue weighted by Crippen LogP contribution is 2.43. The maximum absolute atomic E-state index is 2.39. The Morgan fingerprint density at radius 2 is 0.787 bits per heavy atom. The second kappa shape index (κ2) is 14.8. The van der Waals surface area contributed by atoms with Crippen molar-refractivity contribution in [2.24, 2.45) is 0 Å². The fourth-order valence-electron chi connectivity index (χ4n) is 9.09. The number of fused-ring (bicyclic) bond motifs is 7. The van der Waals surface area contributed by atoms with E-state index in [0.717, 1.165) is 17.1 Å². The van der Waals surface area contributed by atoms with E-state index in [-0.39, 0.29) is 0 Å². The van der Waals surface area contributed by atoms with Gasteiger partial charge in [-0.3, -0.25) is 0 Å². The second-order valence-corrected chi connectivity index (χ2v) is 17.8. The van der Waals surface area contributed by atoms with Crippen molar-refractivity contribution >= 4 is 90.9 Å². The minimum atomic E-state index is 1.10. The number of nitrogens with zero attached hydrogens (tertiary/aromatic N) is 1. The number of hydrogen-bond acceptors (Lipinski definition) is 3. The fourth-order valence-corrected chi connectivity index (χ4v) is 11.5. The van der Waals surface area contributed by atoms with Crippen LogP contribution in [0.1, 0.15) is 0 Å². The van der Waals surface area contributed by atoms with Gasteiger partial charge in [0.25, 0.3) is 0 Å². The van der Waals surface area contributed by atoms with E-state index in [1.165, 1.54) is 95.6 Å². The largest absolute Gasteiger partial charge is 0.310 e.